The van der Waals surface area contributed by atoms with Crippen molar-refractivity contribution >= 4 is 5.96 Å². The predicted molar refractivity (Wildman–Crippen MR) is 109 cm³/mol. The van der Waals surface area contributed by atoms with E-state index in [1.807, 2.05) is 6.07 Å². The van der Waals surface area contributed by atoms with Gasteiger partial charge >= 0.3 is 0 Å². The molecule has 0 aromatic heterocycles. The van der Waals surface area contributed by atoms with Crippen LogP contribution in [0.3, 0.4) is 0 Å². The average molecular weight is 375 g/mol. The van der Waals surface area contributed by atoms with Gasteiger partial charge in [-0.2, -0.15) is 0 Å². The van der Waals surface area contributed by atoms with Gasteiger partial charge in [-0.3, -0.25) is 0 Å². The predicted octanol–water partition coefficient (Wildman–Crippen LogP) is 2.86. The molecule has 0 unspecified atom stereocenters. The molecule has 1 aliphatic heterocycles. The van der Waals surface area contributed by atoms with E-state index in [1.165, 1.54) is 38.8 Å². The number of aromatic hydroxyl groups is 1. The van der Waals surface area contributed by atoms with Crippen LogP contribution in [0.15, 0.2) is 23.2 Å². The fourth-order valence-corrected chi connectivity index (χ4v) is 4.17. The molecule has 1 aromatic carbocycles. The Bertz CT molecular complexity index is 621. The molecular formula is C21H34N4O2. The van der Waals surface area contributed by atoms with Crippen LogP contribution in [0.2, 0.25) is 0 Å². The van der Waals surface area contributed by atoms with Crippen molar-refractivity contribution in [3.8, 4) is 11.5 Å². The van der Waals surface area contributed by atoms with E-state index >= 15 is 0 Å². The summed E-state index contributed by atoms with van der Waals surface area (Å²) < 4.78 is 5.24. The molecule has 1 saturated heterocycles. The Hall–Kier alpha value is -1.95. The second-order valence-corrected chi connectivity index (χ2v) is 7.58. The van der Waals surface area contributed by atoms with Gasteiger partial charge in [-0.1, -0.05) is 12.8 Å². The maximum atomic E-state index is 10.1. The van der Waals surface area contributed by atoms with Crippen molar-refractivity contribution in [2.24, 2.45) is 4.99 Å². The first-order valence-electron chi connectivity index (χ1n) is 10.3. The van der Waals surface area contributed by atoms with Gasteiger partial charge in [-0.05, 0) is 50.8 Å². The van der Waals surface area contributed by atoms with Crippen molar-refractivity contribution < 1.29 is 9.84 Å². The minimum atomic E-state index is 0.250. The Morgan fingerprint density at radius 3 is 2.63 bits per heavy atom. The highest BCUT2D eigenvalue weighted by atomic mass is 16.5. The molecule has 1 aliphatic carbocycles. The molecule has 150 valence electrons. The smallest absolute Gasteiger partial charge is 0.191 e. The molecule has 0 bridgehead atoms. The van der Waals surface area contributed by atoms with Gasteiger partial charge < -0.3 is 25.4 Å². The molecule has 3 N–H and O–H groups in total. The third-order valence-corrected chi connectivity index (χ3v) is 5.75. The standard InChI is InChI=1S/C21H34N4O2/c1-3-22-21(23-15-16-14-19(27-2)8-9-20(16)26)24-17-10-12-25(13-11-17)18-6-4-5-7-18/h8-9,14,17-18,26H,3-7,10-13,15H2,1-2H3,(H2,22,23,24). The van der Waals surface area contributed by atoms with E-state index in [4.69, 9.17) is 4.74 Å². The minimum absolute atomic E-state index is 0.250. The number of rotatable bonds is 6. The molecule has 6 heteroatoms. The summed E-state index contributed by atoms with van der Waals surface area (Å²) in [5.74, 6) is 1.80. The van der Waals surface area contributed by atoms with Crippen LogP contribution in [-0.4, -0.2) is 54.8 Å². The Labute approximate surface area is 163 Å². The van der Waals surface area contributed by atoms with E-state index in [-0.39, 0.29) is 5.75 Å². The lowest BCUT2D eigenvalue weighted by Crippen LogP contribution is -2.50. The van der Waals surface area contributed by atoms with E-state index in [0.717, 1.165) is 42.7 Å². The fraction of sp³-hybridized carbons (Fsp3) is 0.667. The molecule has 1 saturated carbocycles. The van der Waals surface area contributed by atoms with Gasteiger partial charge in [-0.15, -0.1) is 0 Å². The summed E-state index contributed by atoms with van der Waals surface area (Å²) in [7, 11) is 1.63. The summed E-state index contributed by atoms with van der Waals surface area (Å²) >= 11 is 0. The summed E-state index contributed by atoms with van der Waals surface area (Å²) in [5, 5.41) is 17.0. The van der Waals surface area contributed by atoms with Crippen molar-refractivity contribution in [3.05, 3.63) is 23.8 Å². The number of likely N-dealkylation sites (tertiary alicyclic amines) is 1. The molecule has 1 heterocycles. The minimum Gasteiger partial charge on any atom is -0.508 e. The summed E-state index contributed by atoms with van der Waals surface area (Å²) in [6.07, 6.45) is 7.88. The second kappa shape index (κ2) is 9.83. The molecule has 1 aromatic rings. The summed E-state index contributed by atoms with van der Waals surface area (Å²) in [6.45, 7) is 5.66. The van der Waals surface area contributed by atoms with Crippen molar-refractivity contribution in [1.82, 2.24) is 15.5 Å². The van der Waals surface area contributed by atoms with Crippen LogP contribution in [-0.2, 0) is 6.54 Å². The normalized spacial score (nSPS) is 20.0. The maximum absolute atomic E-state index is 10.1. The number of benzene rings is 1. The SMILES string of the molecule is CCNC(=NCc1cc(OC)ccc1O)NC1CCN(C2CCCC2)CC1. The third kappa shape index (κ3) is 5.51. The van der Waals surface area contributed by atoms with Crippen LogP contribution < -0.4 is 15.4 Å². The Morgan fingerprint density at radius 2 is 1.96 bits per heavy atom. The van der Waals surface area contributed by atoms with Gasteiger partial charge in [0.25, 0.3) is 0 Å². The van der Waals surface area contributed by atoms with Gasteiger partial charge in [0.2, 0.25) is 0 Å². The quantitative estimate of drug-likeness (QED) is 0.528. The molecule has 0 radical (unpaired) electrons. The molecule has 0 atom stereocenters. The average Bonchev–Trinajstić information content (AvgIpc) is 3.23. The van der Waals surface area contributed by atoms with Crippen LogP contribution in [0.25, 0.3) is 0 Å². The Morgan fingerprint density at radius 1 is 1.22 bits per heavy atom. The lowest BCUT2D eigenvalue weighted by Gasteiger charge is -2.36. The molecule has 6 nitrogen and oxygen atoms in total. The zero-order chi connectivity index (χ0) is 19.1. The summed E-state index contributed by atoms with van der Waals surface area (Å²) in [5.41, 5.74) is 0.766. The van der Waals surface area contributed by atoms with Crippen molar-refractivity contribution in [2.45, 2.75) is 64.1 Å². The molecule has 0 spiro atoms. The van der Waals surface area contributed by atoms with E-state index in [0.29, 0.717) is 12.6 Å². The van der Waals surface area contributed by atoms with Crippen molar-refractivity contribution in [1.29, 1.82) is 0 Å². The molecule has 2 aliphatic rings. The zero-order valence-corrected chi connectivity index (χ0v) is 16.7. The largest absolute Gasteiger partial charge is 0.508 e. The first kappa shape index (κ1) is 19.8. The van der Waals surface area contributed by atoms with Crippen molar-refractivity contribution in [3.63, 3.8) is 0 Å². The van der Waals surface area contributed by atoms with Crippen LogP contribution in [0.5, 0.6) is 11.5 Å². The number of ether oxygens (including phenoxy) is 1. The second-order valence-electron chi connectivity index (χ2n) is 7.58. The fourth-order valence-electron chi connectivity index (χ4n) is 4.17. The molecule has 27 heavy (non-hydrogen) atoms. The van der Waals surface area contributed by atoms with E-state index < -0.39 is 0 Å². The monoisotopic (exact) mass is 374 g/mol. The summed E-state index contributed by atoms with van der Waals surface area (Å²) in [6, 6.07) is 6.53. The molecule has 3 rings (SSSR count). The Kier molecular flexibility index (Phi) is 7.21. The number of guanidine groups is 1. The number of nitrogens with one attached hydrogen (secondary N) is 2. The molecule has 0 amide bonds. The third-order valence-electron chi connectivity index (χ3n) is 5.75. The van der Waals surface area contributed by atoms with Gasteiger partial charge in [0.1, 0.15) is 11.5 Å². The number of phenolic OH excluding ortho intramolecular Hbond substituents is 1. The Balaban J connectivity index is 1.55. The van der Waals surface area contributed by atoms with Gasteiger partial charge in [-0.25, -0.2) is 4.99 Å². The van der Waals surface area contributed by atoms with Gasteiger partial charge in [0.15, 0.2) is 5.96 Å². The number of hydrogen-bond donors (Lipinski definition) is 3. The summed E-state index contributed by atoms with van der Waals surface area (Å²) in [4.78, 5) is 7.36. The van der Waals surface area contributed by atoms with Crippen molar-refractivity contribution in [2.75, 3.05) is 26.7 Å². The highest BCUT2D eigenvalue weighted by molar-refractivity contribution is 5.80. The van der Waals surface area contributed by atoms with E-state index in [2.05, 4.69) is 27.4 Å². The van der Waals surface area contributed by atoms with Crippen LogP contribution in [0, 0.1) is 0 Å². The highest BCUT2D eigenvalue weighted by Crippen LogP contribution is 2.26. The van der Waals surface area contributed by atoms with Crippen LogP contribution in [0.1, 0.15) is 51.0 Å². The van der Waals surface area contributed by atoms with Gasteiger partial charge in [0, 0.05) is 37.3 Å². The zero-order valence-electron chi connectivity index (χ0n) is 16.7. The number of hydrogen-bond acceptors (Lipinski definition) is 4. The van der Waals surface area contributed by atoms with Crippen LogP contribution in [0.4, 0.5) is 0 Å². The number of nitrogens with zero attached hydrogens (tertiary/aromatic N) is 2. The maximum Gasteiger partial charge on any atom is 0.191 e. The number of phenols is 1. The van der Waals surface area contributed by atoms with E-state index in [1.54, 1.807) is 19.2 Å². The first-order chi connectivity index (χ1) is 13.2. The highest BCUT2D eigenvalue weighted by Gasteiger charge is 2.27. The number of piperidine rings is 1. The topological polar surface area (TPSA) is 69.1 Å². The number of aliphatic imine (C=N–C) groups is 1. The first-order valence-corrected chi connectivity index (χ1v) is 10.3. The van der Waals surface area contributed by atoms with E-state index in [9.17, 15) is 5.11 Å². The number of methoxy groups -OCH3 is 1. The lowest BCUT2D eigenvalue weighted by molar-refractivity contribution is 0.150. The molecular weight excluding hydrogens is 340 g/mol. The molecule has 2 fully saturated rings. The van der Waals surface area contributed by atoms with Crippen LogP contribution >= 0.6 is 0 Å². The van der Waals surface area contributed by atoms with Gasteiger partial charge in [0.05, 0.1) is 13.7 Å². The lowest BCUT2D eigenvalue weighted by atomic mass is 10.0.